The standard InChI is InChI=1S/C11H16N2/c1-8-5-4-6-10(9(8)2)11(12)7-13-3/h4-7,13H,12H2,1-3H3/b11-7-. The Hall–Kier alpha value is -1.44. The van der Waals surface area contributed by atoms with E-state index >= 15 is 0 Å². The van der Waals surface area contributed by atoms with Crippen LogP contribution in [-0.4, -0.2) is 7.05 Å². The van der Waals surface area contributed by atoms with E-state index in [2.05, 4.69) is 25.2 Å². The largest absolute Gasteiger partial charge is 0.397 e. The number of nitrogens with one attached hydrogen (secondary N) is 1. The first-order valence-electron chi connectivity index (χ1n) is 4.36. The molecule has 0 bridgehead atoms. The smallest absolute Gasteiger partial charge is 0.0549 e. The molecule has 0 aliphatic carbocycles. The second kappa shape index (κ2) is 3.99. The van der Waals surface area contributed by atoms with Crippen LogP contribution in [0, 0.1) is 13.8 Å². The highest BCUT2D eigenvalue weighted by Gasteiger charge is 2.01. The van der Waals surface area contributed by atoms with Crippen LogP contribution in [0.3, 0.4) is 0 Å². The first-order chi connectivity index (χ1) is 6.16. The Morgan fingerprint density at radius 3 is 2.69 bits per heavy atom. The second-order valence-corrected chi connectivity index (χ2v) is 3.14. The van der Waals surface area contributed by atoms with Crippen molar-refractivity contribution in [3.8, 4) is 0 Å². The SMILES string of the molecule is CN/C=C(\N)c1cccc(C)c1C. The first-order valence-corrected chi connectivity index (χ1v) is 4.36. The molecule has 2 heteroatoms. The Morgan fingerprint density at radius 2 is 2.08 bits per heavy atom. The molecule has 70 valence electrons. The molecule has 2 nitrogen and oxygen atoms in total. The van der Waals surface area contributed by atoms with E-state index in [0.29, 0.717) is 0 Å². The summed E-state index contributed by atoms with van der Waals surface area (Å²) in [5.41, 5.74) is 10.3. The molecule has 1 aromatic rings. The van der Waals surface area contributed by atoms with Gasteiger partial charge in [0.2, 0.25) is 0 Å². The van der Waals surface area contributed by atoms with Gasteiger partial charge in [0.25, 0.3) is 0 Å². The summed E-state index contributed by atoms with van der Waals surface area (Å²) < 4.78 is 0. The van der Waals surface area contributed by atoms with Gasteiger partial charge in [-0.2, -0.15) is 0 Å². The quantitative estimate of drug-likeness (QED) is 0.721. The van der Waals surface area contributed by atoms with Gasteiger partial charge in [-0.1, -0.05) is 18.2 Å². The maximum Gasteiger partial charge on any atom is 0.0549 e. The molecular formula is C11H16N2. The maximum absolute atomic E-state index is 5.87. The van der Waals surface area contributed by atoms with Crippen LogP contribution < -0.4 is 11.1 Å². The molecule has 0 saturated heterocycles. The third-order valence-corrected chi connectivity index (χ3v) is 2.22. The van der Waals surface area contributed by atoms with Crippen molar-refractivity contribution in [2.75, 3.05) is 7.05 Å². The summed E-state index contributed by atoms with van der Waals surface area (Å²) in [7, 11) is 1.85. The number of aryl methyl sites for hydroxylation is 1. The minimum Gasteiger partial charge on any atom is -0.397 e. The van der Waals surface area contributed by atoms with Gasteiger partial charge >= 0.3 is 0 Å². The van der Waals surface area contributed by atoms with Crippen LogP contribution in [0.2, 0.25) is 0 Å². The summed E-state index contributed by atoms with van der Waals surface area (Å²) >= 11 is 0. The Labute approximate surface area is 79.5 Å². The lowest BCUT2D eigenvalue weighted by Gasteiger charge is -2.08. The number of rotatable bonds is 2. The van der Waals surface area contributed by atoms with Crippen molar-refractivity contribution in [2.45, 2.75) is 13.8 Å². The highest BCUT2D eigenvalue weighted by Crippen LogP contribution is 2.17. The van der Waals surface area contributed by atoms with E-state index in [1.54, 1.807) is 0 Å². The molecule has 0 fully saturated rings. The van der Waals surface area contributed by atoms with Crippen molar-refractivity contribution >= 4 is 5.70 Å². The highest BCUT2D eigenvalue weighted by atomic mass is 14.8. The summed E-state index contributed by atoms with van der Waals surface area (Å²) in [4.78, 5) is 0. The third kappa shape index (κ3) is 2.02. The molecule has 0 radical (unpaired) electrons. The molecule has 0 saturated carbocycles. The predicted octanol–water partition coefficient (Wildman–Crippen LogP) is 1.78. The molecule has 0 atom stereocenters. The van der Waals surface area contributed by atoms with Crippen molar-refractivity contribution < 1.29 is 0 Å². The minimum absolute atomic E-state index is 0.781. The fourth-order valence-corrected chi connectivity index (χ4v) is 1.30. The van der Waals surface area contributed by atoms with Crippen molar-refractivity contribution in [1.29, 1.82) is 0 Å². The zero-order valence-electron chi connectivity index (χ0n) is 8.39. The van der Waals surface area contributed by atoms with Gasteiger partial charge in [-0.25, -0.2) is 0 Å². The fraction of sp³-hybridized carbons (Fsp3) is 0.273. The first kappa shape index (κ1) is 9.65. The zero-order chi connectivity index (χ0) is 9.84. The van der Waals surface area contributed by atoms with Crippen LogP contribution >= 0.6 is 0 Å². The van der Waals surface area contributed by atoms with E-state index in [0.717, 1.165) is 11.3 Å². The Kier molecular flexibility index (Phi) is 2.96. The van der Waals surface area contributed by atoms with Crippen LogP contribution in [0.4, 0.5) is 0 Å². The Bertz CT molecular complexity index is 327. The molecule has 13 heavy (non-hydrogen) atoms. The van der Waals surface area contributed by atoms with Crippen molar-refractivity contribution in [1.82, 2.24) is 5.32 Å². The molecule has 0 amide bonds. The van der Waals surface area contributed by atoms with Crippen LogP contribution in [0.5, 0.6) is 0 Å². The van der Waals surface area contributed by atoms with Crippen LogP contribution in [0.15, 0.2) is 24.4 Å². The maximum atomic E-state index is 5.87. The lowest BCUT2D eigenvalue weighted by Crippen LogP contribution is -2.05. The molecule has 0 aliphatic rings. The average Bonchev–Trinajstić information content (AvgIpc) is 2.10. The van der Waals surface area contributed by atoms with Gasteiger partial charge in [-0.05, 0) is 25.0 Å². The van der Waals surface area contributed by atoms with E-state index in [1.807, 2.05) is 25.4 Å². The molecule has 0 aliphatic heterocycles. The fourth-order valence-electron chi connectivity index (χ4n) is 1.30. The predicted molar refractivity (Wildman–Crippen MR) is 57.1 cm³/mol. The summed E-state index contributed by atoms with van der Waals surface area (Å²) in [6.45, 7) is 4.17. The van der Waals surface area contributed by atoms with Crippen LogP contribution in [0.25, 0.3) is 5.70 Å². The van der Waals surface area contributed by atoms with E-state index in [-0.39, 0.29) is 0 Å². The van der Waals surface area contributed by atoms with Gasteiger partial charge in [0.05, 0.1) is 5.70 Å². The van der Waals surface area contributed by atoms with Crippen LogP contribution in [0.1, 0.15) is 16.7 Å². The van der Waals surface area contributed by atoms with Crippen molar-refractivity contribution in [3.05, 3.63) is 41.1 Å². The molecule has 0 spiro atoms. The Morgan fingerprint density at radius 1 is 1.38 bits per heavy atom. The molecule has 1 aromatic carbocycles. The average molecular weight is 176 g/mol. The van der Waals surface area contributed by atoms with Crippen LogP contribution in [-0.2, 0) is 0 Å². The summed E-state index contributed by atoms with van der Waals surface area (Å²) in [5.74, 6) is 0. The number of nitrogens with two attached hydrogens (primary N) is 1. The summed E-state index contributed by atoms with van der Waals surface area (Å²) in [5, 5.41) is 2.93. The summed E-state index contributed by atoms with van der Waals surface area (Å²) in [6, 6.07) is 6.14. The highest BCUT2D eigenvalue weighted by molar-refractivity contribution is 5.66. The van der Waals surface area contributed by atoms with Gasteiger partial charge in [-0.3, -0.25) is 0 Å². The molecule has 0 aromatic heterocycles. The van der Waals surface area contributed by atoms with Gasteiger partial charge < -0.3 is 11.1 Å². The van der Waals surface area contributed by atoms with Gasteiger partial charge in [0.15, 0.2) is 0 Å². The lowest BCUT2D eigenvalue weighted by atomic mass is 10.0. The molecular weight excluding hydrogens is 160 g/mol. The second-order valence-electron chi connectivity index (χ2n) is 3.14. The number of benzene rings is 1. The molecule has 0 heterocycles. The zero-order valence-corrected chi connectivity index (χ0v) is 8.39. The molecule has 3 N–H and O–H groups in total. The minimum atomic E-state index is 0.781. The van der Waals surface area contributed by atoms with Crippen molar-refractivity contribution in [2.24, 2.45) is 5.73 Å². The van der Waals surface area contributed by atoms with Gasteiger partial charge in [-0.15, -0.1) is 0 Å². The molecule has 0 unspecified atom stereocenters. The van der Waals surface area contributed by atoms with E-state index in [4.69, 9.17) is 5.73 Å². The molecule has 1 rings (SSSR count). The van der Waals surface area contributed by atoms with E-state index in [1.165, 1.54) is 11.1 Å². The van der Waals surface area contributed by atoms with Crippen molar-refractivity contribution in [3.63, 3.8) is 0 Å². The van der Waals surface area contributed by atoms with Gasteiger partial charge in [0, 0.05) is 18.8 Å². The lowest BCUT2D eigenvalue weighted by molar-refractivity contribution is 1.10. The van der Waals surface area contributed by atoms with E-state index in [9.17, 15) is 0 Å². The van der Waals surface area contributed by atoms with Gasteiger partial charge in [0.1, 0.15) is 0 Å². The Balaban J connectivity index is 3.15. The van der Waals surface area contributed by atoms with E-state index < -0.39 is 0 Å². The third-order valence-electron chi connectivity index (χ3n) is 2.22. The number of hydrogen-bond donors (Lipinski definition) is 2. The normalized spacial score (nSPS) is 11.5. The number of hydrogen-bond acceptors (Lipinski definition) is 2. The summed E-state index contributed by atoms with van der Waals surface area (Å²) in [6.07, 6.45) is 1.81. The monoisotopic (exact) mass is 176 g/mol. The topological polar surface area (TPSA) is 38.0 Å².